The molecule has 0 unspecified atom stereocenters. The lowest BCUT2D eigenvalue weighted by atomic mass is 10.1. The van der Waals surface area contributed by atoms with Gasteiger partial charge in [-0.2, -0.15) is 0 Å². The number of rotatable bonds is 4. The smallest absolute Gasteiger partial charge is 0.325 e. The van der Waals surface area contributed by atoms with Crippen molar-refractivity contribution in [2.75, 3.05) is 13.7 Å². The quantitative estimate of drug-likeness (QED) is 0.858. The summed E-state index contributed by atoms with van der Waals surface area (Å²) in [6.07, 6.45) is 1.71. The number of esters is 1. The second-order valence-electron chi connectivity index (χ2n) is 4.05. The Morgan fingerprint density at radius 3 is 2.50 bits per heavy atom. The van der Waals surface area contributed by atoms with Crippen LogP contribution < -0.4 is 5.32 Å². The number of nitrogens with one attached hydrogen (secondary N) is 1. The van der Waals surface area contributed by atoms with E-state index in [1.54, 1.807) is 18.3 Å². The third-order valence-corrected chi connectivity index (χ3v) is 2.73. The lowest BCUT2D eigenvalue weighted by Gasteiger charge is -2.05. The van der Waals surface area contributed by atoms with Crippen molar-refractivity contribution < 1.29 is 14.3 Å². The number of benzene rings is 1. The molecule has 0 aliphatic carbocycles. The monoisotopic (exact) mass is 270 g/mol. The highest BCUT2D eigenvalue weighted by atomic mass is 16.5. The number of carbonyl (C=O) groups excluding carboxylic acids is 2. The average molecular weight is 270 g/mol. The van der Waals surface area contributed by atoms with Gasteiger partial charge < -0.3 is 10.1 Å². The molecule has 2 rings (SSSR count). The van der Waals surface area contributed by atoms with Crippen LogP contribution in [-0.2, 0) is 9.53 Å². The van der Waals surface area contributed by atoms with Gasteiger partial charge in [-0.25, -0.2) is 0 Å². The summed E-state index contributed by atoms with van der Waals surface area (Å²) >= 11 is 0. The topological polar surface area (TPSA) is 68.3 Å². The van der Waals surface area contributed by atoms with E-state index in [0.29, 0.717) is 5.56 Å². The number of hydrogen-bond acceptors (Lipinski definition) is 4. The maximum Gasteiger partial charge on any atom is 0.325 e. The second-order valence-corrected chi connectivity index (χ2v) is 4.05. The van der Waals surface area contributed by atoms with Gasteiger partial charge in [-0.05, 0) is 24.3 Å². The highest BCUT2D eigenvalue weighted by Gasteiger charge is 2.08. The number of pyridine rings is 1. The fourth-order valence-corrected chi connectivity index (χ4v) is 1.65. The molecular formula is C15H14N2O3. The molecule has 0 atom stereocenters. The molecule has 0 bridgehead atoms. The van der Waals surface area contributed by atoms with Crippen LogP contribution in [-0.4, -0.2) is 30.5 Å². The molecule has 0 saturated carbocycles. The molecule has 1 heterocycles. The van der Waals surface area contributed by atoms with Crippen molar-refractivity contribution in [2.45, 2.75) is 0 Å². The Kier molecular flexibility index (Phi) is 4.44. The molecule has 20 heavy (non-hydrogen) atoms. The molecule has 0 fully saturated rings. The Hall–Kier alpha value is -2.69. The highest BCUT2D eigenvalue weighted by Crippen LogP contribution is 2.16. The molecule has 1 N–H and O–H groups in total. The Morgan fingerprint density at radius 1 is 1.15 bits per heavy atom. The van der Waals surface area contributed by atoms with Crippen molar-refractivity contribution in [1.82, 2.24) is 10.3 Å². The molecule has 5 heteroatoms. The van der Waals surface area contributed by atoms with Gasteiger partial charge in [0.2, 0.25) is 0 Å². The zero-order valence-corrected chi connectivity index (χ0v) is 11.0. The fraction of sp³-hybridized carbons (Fsp3) is 0.133. The van der Waals surface area contributed by atoms with Crippen LogP contribution in [0, 0.1) is 0 Å². The first-order valence-electron chi connectivity index (χ1n) is 6.07. The van der Waals surface area contributed by atoms with Crippen LogP contribution in [0.15, 0.2) is 48.7 Å². The van der Waals surface area contributed by atoms with Gasteiger partial charge in [0.1, 0.15) is 6.54 Å². The molecular weight excluding hydrogens is 256 g/mol. The van der Waals surface area contributed by atoms with Crippen molar-refractivity contribution in [2.24, 2.45) is 0 Å². The van der Waals surface area contributed by atoms with Gasteiger partial charge in [0, 0.05) is 17.3 Å². The van der Waals surface area contributed by atoms with E-state index in [1.807, 2.05) is 30.3 Å². The second kappa shape index (κ2) is 6.47. The average Bonchev–Trinajstić information content (AvgIpc) is 2.53. The minimum atomic E-state index is -0.483. The lowest BCUT2D eigenvalue weighted by molar-refractivity contribution is -0.139. The Balaban J connectivity index is 2.05. The minimum Gasteiger partial charge on any atom is -0.468 e. The zero-order chi connectivity index (χ0) is 14.4. The van der Waals surface area contributed by atoms with Gasteiger partial charge in [-0.3, -0.25) is 14.6 Å². The largest absolute Gasteiger partial charge is 0.468 e. The summed E-state index contributed by atoms with van der Waals surface area (Å²) in [4.78, 5) is 27.0. The van der Waals surface area contributed by atoms with Crippen LogP contribution in [0.5, 0.6) is 0 Å². The SMILES string of the molecule is COC(=O)CNC(=O)c1ccc(-c2ccccn2)cc1. The van der Waals surface area contributed by atoms with Crippen molar-refractivity contribution in [1.29, 1.82) is 0 Å². The number of ether oxygens (including phenoxy) is 1. The van der Waals surface area contributed by atoms with Crippen molar-refractivity contribution >= 4 is 11.9 Å². The number of aromatic nitrogens is 1. The first-order chi connectivity index (χ1) is 9.70. The first kappa shape index (κ1) is 13.7. The first-order valence-corrected chi connectivity index (χ1v) is 6.07. The predicted octanol–water partition coefficient (Wildman–Crippen LogP) is 1.65. The molecule has 0 aliphatic rings. The Labute approximate surface area is 116 Å². The van der Waals surface area contributed by atoms with Crippen molar-refractivity contribution in [3.63, 3.8) is 0 Å². The van der Waals surface area contributed by atoms with Gasteiger partial charge in [0.15, 0.2) is 0 Å². The molecule has 1 amide bonds. The van der Waals surface area contributed by atoms with E-state index in [9.17, 15) is 9.59 Å². The lowest BCUT2D eigenvalue weighted by Crippen LogP contribution is -2.30. The minimum absolute atomic E-state index is 0.142. The highest BCUT2D eigenvalue weighted by molar-refractivity contribution is 5.96. The molecule has 2 aromatic rings. The van der Waals surface area contributed by atoms with E-state index in [4.69, 9.17) is 0 Å². The molecule has 0 saturated heterocycles. The van der Waals surface area contributed by atoms with Crippen LogP contribution in [0.4, 0.5) is 0 Å². The van der Waals surface area contributed by atoms with Crippen molar-refractivity contribution in [3.8, 4) is 11.3 Å². The third kappa shape index (κ3) is 3.41. The van der Waals surface area contributed by atoms with E-state index in [1.165, 1.54) is 7.11 Å². The van der Waals surface area contributed by atoms with Gasteiger partial charge in [0.25, 0.3) is 5.91 Å². The summed E-state index contributed by atoms with van der Waals surface area (Å²) in [5, 5.41) is 2.48. The van der Waals surface area contributed by atoms with E-state index < -0.39 is 5.97 Å². The number of amides is 1. The van der Waals surface area contributed by atoms with Crippen LogP contribution in [0.25, 0.3) is 11.3 Å². The molecule has 1 aromatic heterocycles. The van der Waals surface area contributed by atoms with E-state index in [0.717, 1.165) is 11.3 Å². The number of methoxy groups -OCH3 is 1. The Morgan fingerprint density at radius 2 is 1.90 bits per heavy atom. The molecule has 5 nitrogen and oxygen atoms in total. The summed E-state index contributed by atoms with van der Waals surface area (Å²) in [7, 11) is 1.27. The van der Waals surface area contributed by atoms with Crippen molar-refractivity contribution in [3.05, 3.63) is 54.2 Å². The summed E-state index contributed by atoms with van der Waals surface area (Å²) in [5.41, 5.74) is 2.25. The fourth-order valence-electron chi connectivity index (χ4n) is 1.65. The maximum atomic E-state index is 11.8. The third-order valence-electron chi connectivity index (χ3n) is 2.73. The van der Waals surface area contributed by atoms with Gasteiger partial charge >= 0.3 is 5.97 Å². The summed E-state index contributed by atoms with van der Waals surface area (Å²) in [6.45, 7) is -0.142. The number of nitrogens with zero attached hydrogens (tertiary/aromatic N) is 1. The van der Waals surface area contributed by atoms with E-state index in [-0.39, 0.29) is 12.5 Å². The normalized spacial score (nSPS) is 9.85. The molecule has 0 spiro atoms. The molecule has 102 valence electrons. The van der Waals surface area contributed by atoms with Crippen LogP contribution in [0.1, 0.15) is 10.4 Å². The number of hydrogen-bond donors (Lipinski definition) is 1. The van der Waals surface area contributed by atoms with Crippen LogP contribution in [0.2, 0.25) is 0 Å². The van der Waals surface area contributed by atoms with Gasteiger partial charge in [-0.15, -0.1) is 0 Å². The number of carbonyl (C=O) groups is 2. The summed E-state index contributed by atoms with van der Waals surface area (Å²) in [5.74, 6) is -0.800. The van der Waals surface area contributed by atoms with Crippen LogP contribution >= 0.6 is 0 Å². The van der Waals surface area contributed by atoms with E-state index >= 15 is 0 Å². The van der Waals surface area contributed by atoms with E-state index in [2.05, 4.69) is 15.0 Å². The van der Waals surface area contributed by atoms with Crippen LogP contribution in [0.3, 0.4) is 0 Å². The van der Waals surface area contributed by atoms with Gasteiger partial charge in [0.05, 0.1) is 12.8 Å². The summed E-state index contributed by atoms with van der Waals surface area (Å²) < 4.78 is 4.45. The predicted molar refractivity (Wildman–Crippen MR) is 74.0 cm³/mol. The summed E-state index contributed by atoms with van der Waals surface area (Å²) in [6, 6.07) is 12.7. The maximum absolute atomic E-state index is 11.8. The molecule has 0 aliphatic heterocycles. The van der Waals surface area contributed by atoms with Gasteiger partial charge in [-0.1, -0.05) is 18.2 Å². The Bertz CT molecular complexity index is 594. The molecule has 1 aromatic carbocycles. The standard InChI is InChI=1S/C15H14N2O3/c1-20-14(18)10-17-15(19)12-7-5-11(6-8-12)13-4-2-3-9-16-13/h2-9H,10H2,1H3,(H,17,19). The zero-order valence-electron chi connectivity index (χ0n) is 11.0. The molecule has 0 radical (unpaired) electrons.